The number of aromatic nitrogens is 1. The molecule has 4 heterocycles. The summed E-state index contributed by atoms with van der Waals surface area (Å²) in [5.41, 5.74) is 0.821. The lowest BCUT2D eigenvalue weighted by molar-refractivity contribution is -0.0471. The number of amides is 2. The van der Waals surface area contributed by atoms with Gasteiger partial charge < -0.3 is 34.3 Å². The summed E-state index contributed by atoms with van der Waals surface area (Å²) in [7, 11) is 1.62. The second-order valence-corrected chi connectivity index (χ2v) is 7.31. The van der Waals surface area contributed by atoms with Gasteiger partial charge in [-0.2, -0.15) is 0 Å². The van der Waals surface area contributed by atoms with Crippen LogP contribution in [0.1, 0.15) is 12.1 Å². The quantitative estimate of drug-likeness (QED) is 0.747. The summed E-state index contributed by atoms with van der Waals surface area (Å²) in [5.74, 6) is 0.722. The van der Waals surface area contributed by atoms with Gasteiger partial charge in [0, 0.05) is 19.9 Å². The van der Waals surface area contributed by atoms with Crippen LogP contribution in [0.25, 0.3) is 0 Å². The van der Waals surface area contributed by atoms with Crippen LogP contribution >= 0.6 is 0 Å². The Kier molecular flexibility index (Phi) is 5.96. The van der Waals surface area contributed by atoms with Gasteiger partial charge in [0.15, 0.2) is 6.10 Å². The van der Waals surface area contributed by atoms with Gasteiger partial charge in [-0.1, -0.05) is 0 Å². The highest BCUT2D eigenvalue weighted by molar-refractivity contribution is 5.74. The maximum Gasteiger partial charge on any atom is 0.315 e. The SMILES string of the molecule is CO[C@H]1COCC[C@H]1NC(=O)N[C@H]1CO[C@H]2[C@@H]1OC[C@@H]2Oc1cccnc1C. The van der Waals surface area contributed by atoms with E-state index in [0.29, 0.717) is 26.4 Å². The molecule has 0 aromatic carbocycles. The number of carbonyl (C=O) groups is 1. The number of methoxy groups -OCH3 is 1. The van der Waals surface area contributed by atoms with E-state index in [9.17, 15) is 4.79 Å². The molecule has 9 nitrogen and oxygen atoms in total. The molecule has 2 N–H and O–H groups in total. The van der Waals surface area contributed by atoms with Crippen molar-refractivity contribution in [1.29, 1.82) is 0 Å². The zero-order valence-electron chi connectivity index (χ0n) is 16.1. The number of nitrogens with zero attached hydrogens (tertiary/aromatic N) is 1. The lowest BCUT2D eigenvalue weighted by Crippen LogP contribution is -2.55. The maximum absolute atomic E-state index is 12.5. The fourth-order valence-electron chi connectivity index (χ4n) is 3.93. The second kappa shape index (κ2) is 8.60. The molecule has 6 atom stereocenters. The molecule has 3 aliphatic rings. The van der Waals surface area contributed by atoms with Crippen molar-refractivity contribution in [2.75, 3.05) is 33.5 Å². The third-order valence-corrected chi connectivity index (χ3v) is 5.48. The molecule has 0 radical (unpaired) electrons. The molecule has 3 saturated heterocycles. The first-order chi connectivity index (χ1) is 13.7. The Morgan fingerprint density at radius 3 is 2.79 bits per heavy atom. The highest BCUT2D eigenvalue weighted by atomic mass is 16.6. The molecule has 2 amide bonds. The molecule has 1 aromatic rings. The van der Waals surface area contributed by atoms with Gasteiger partial charge in [-0.25, -0.2) is 4.79 Å². The number of fused-ring (bicyclic) bond motifs is 1. The predicted octanol–water partition coefficient (Wildman–Crippen LogP) is 0.407. The van der Waals surface area contributed by atoms with Crippen LogP contribution in [0.3, 0.4) is 0 Å². The number of nitrogens with one attached hydrogen (secondary N) is 2. The van der Waals surface area contributed by atoms with Gasteiger partial charge in [0.25, 0.3) is 0 Å². The van der Waals surface area contributed by atoms with Crippen molar-refractivity contribution >= 4 is 6.03 Å². The molecule has 0 unspecified atom stereocenters. The molecule has 0 aliphatic carbocycles. The monoisotopic (exact) mass is 393 g/mol. The number of urea groups is 1. The molecule has 0 bridgehead atoms. The van der Waals surface area contributed by atoms with E-state index in [2.05, 4.69) is 15.6 Å². The Labute approximate surface area is 164 Å². The van der Waals surface area contributed by atoms with E-state index in [1.54, 1.807) is 13.3 Å². The summed E-state index contributed by atoms with van der Waals surface area (Å²) in [4.78, 5) is 16.7. The van der Waals surface area contributed by atoms with Crippen molar-refractivity contribution in [3.05, 3.63) is 24.0 Å². The minimum absolute atomic E-state index is 0.0778. The zero-order chi connectivity index (χ0) is 19.5. The maximum atomic E-state index is 12.5. The van der Waals surface area contributed by atoms with Gasteiger partial charge in [0.1, 0.15) is 24.1 Å². The average molecular weight is 393 g/mol. The number of pyridine rings is 1. The molecular formula is C19H27N3O6. The largest absolute Gasteiger partial charge is 0.483 e. The minimum Gasteiger partial charge on any atom is -0.483 e. The first kappa shape index (κ1) is 19.4. The molecule has 0 saturated carbocycles. The van der Waals surface area contributed by atoms with Gasteiger partial charge in [-0.05, 0) is 25.5 Å². The van der Waals surface area contributed by atoms with E-state index in [1.807, 2.05) is 19.1 Å². The Morgan fingerprint density at radius 2 is 1.96 bits per heavy atom. The Hall–Kier alpha value is -1.94. The predicted molar refractivity (Wildman–Crippen MR) is 98.3 cm³/mol. The fraction of sp³-hybridized carbons (Fsp3) is 0.684. The van der Waals surface area contributed by atoms with E-state index in [1.165, 1.54) is 0 Å². The minimum atomic E-state index is -0.251. The van der Waals surface area contributed by atoms with Gasteiger partial charge in [-0.15, -0.1) is 0 Å². The topological polar surface area (TPSA) is 100 Å². The molecule has 1 aromatic heterocycles. The molecule has 9 heteroatoms. The third-order valence-electron chi connectivity index (χ3n) is 5.48. The zero-order valence-corrected chi connectivity index (χ0v) is 16.1. The highest BCUT2D eigenvalue weighted by Crippen LogP contribution is 2.30. The summed E-state index contributed by atoms with van der Waals surface area (Å²) in [6, 6.07) is 3.16. The van der Waals surface area contributed by atoms with E-state index < -0.39 is 0 Å². The van der Waals surface area contributed by atoms with E-state index in [-0.39, 0.29) is 42.5 Å². The molecular weight excluding hydrogens is 366 g/mol. The number of aryl methyl sites for hydroxylation is 1. The van der Waals surface area contributed by atoms with Crippen molar-refractivity contribution in [2.24, 2.45) is 0 Å². The fourth-order valence-corrected chi connectivity index (χ4v) is 3.93. The van der Waals surface area contributed by atoms with Crippen LogP contribution < -0.4 is 15.4 Å². The van der Waals surface area contributed by atoms with Gasteiger partial charge in [0.2, 0.25) is 0 Å². The van der Waals surface area contributed by atoms with Gasteiger partial charge in [-0.3, -0.25) is 4.98 Å². The lowest BCUT2D eigenvalue weighted by Gasteiger charge is -2.31. The van der Waals surface area contributed by atoms with Crippen LogP contribution in [0.2, 0.25) is 0 Å². The van der Waals surface area contributed by atoms with Gasteiger partial charge in [0.05, 0.1) is 37.6 Å². The van der Waals surface area contributed by atoms with E-state index in [0.717, 1.165) is 17.9 Å². The smallest absolute Gasteiger partial charge is 0.315 e. The summed E-state index contributed by atoms with van der Waals surface area (Å²) in [5, 5.41) is 5.95. The summed E-state index contributed by atoms with van der Waals surface area (Å²) in [6.45, 7) is 3.79. The van der Waals surface area contributed by atoms with Crippen molar-refractivity contribution in [1.82, 2.24) is 15.6 Å². The van der Waals surface area contributed by atoms with Crippen LogP contribution in [-0.2, 0) is 18.9 Å². The average Bonchev–Trinajstić information content (AvgIpc) is 3.27. The molecule has 3 fully saturated rings. The first-order valence-corrected chi connectivity index (χ1v) is 9.64. The van der Waals surface area contributed by atoms with Crippen LogP contribution in [0.5, 0.6) is 5.75 Å². The van der Waals surface area contributed by atoms with Crippen LogP contribution in [-0.4, -0.2) is 81.1 Å². The van der Waals surface area contributed by atoms with E-state index >= 15 is 0 Å². The van der Waals surface area contributed by atoms with E-state index in [4.69, 9.17) is 23.7 Å². The lowest BCUT2D eigenvalue weighted by atomic mass is 10.1. The molecule has 154 valence electrons. The standard InChI is InChI=1S/C19H27N3O6/c1-11-14(4-3-6-20-11)28-16-10-27-17-13(8-26-18(16)17)22-19(23)21-12-5-7-25-9-15(12)24-2/h3-4,6,12-13,15-18H,5,7-10H2,1-2H3,(H2,21,22,23)/t12-,13+,15+,16+,17-,18-/m1/s1. The Bertz CT molecular complexity index is 689. The summed E-state index contributed by atoms with van der Waals surface area (Å²) >= 11 is 0. The normalized spacial score (nSPS) is 34.6. The molecule has 0 spiro atoms. The first-order valence-electron chi connectivity index (χ1n) is 9.64. The highest BCUT2D eigenvalue weighted by Gasteiger charge is 2.49. The van der Waals surface area contributed by atoms with Crippen molar-refractivity contribution < 1.29 is 28.5 Å². The number of hydrogen-bond acceptors (Lipinski definition) is 7. The summed E-state index contributed by atoms with van der Waals surface area (Å²) in [6.07, 6.45) is 1.62. The Morgan fingerprint density at radius 1 is 1.14 bits per heavy atom. The van der Waals surface area contributed by atoms with Crippen LogP contribution in [0.15, 0.2) is 18.3 Å². The van der Waals surface area contributed by atoms with Crippen molar-refractivity contribution in [3.63, 3.8) is 0 Å². The number of carbonyl (C=O) groups excluding carboxylic acids is 1. The number of hydrogen-bond donors (Lipinski definition) is 2. The van der Waals surface area contributed by atoms with Crippen molar-refractivity contribution in [3.8, 4) is 5.75 Å². The Balaban J connectivity index is 1.30. The van der Waals surface area contributed by atoms with Gasteiger partial charge >= 0.3 is 6.03 Å². The second-order valence-electron chi connectivity index (χ2n) is 7.31. The van der Waals surface area contributed by atoms with Crippen LogP contribution in [0, 0.1) is 6.92 Å². The third kappa shape index (κ3) is 4.07. The molecule has 28 heavy (non-hydrogen) atoms. The summed E-state index contributed by atoms with van der Waals surface area (Å²) < 4.78 is 28.6. The number of ether oxygens (including phenoxy) is 5. The van der Waals surface area contributed by atoms with Crippen molar-refractivity contribution in [2.45, 2.75) is 49.8 Å². The van der Waals surface area contributed by atoms with Crippen LogP contribution in [0.4, 0.5) is 4.79 Å². The number of rotatable bonds is 5. The molecule has 4 rings (SSSR count). The molecule has 3 aliphatic heterocycles.